The van der Waals surface area contributed by atoms with E-state index in [1.165, 1.54) is 0 Å². The molecule has 0 saturated carbocycles. The first-order valence-corrected chi connectivity index (χ1v) is 6.50. The highest BCUT2D eigenvalue weighted by atomic mass is 16.1. The Morgan fingerprint density at radius 1 is 1.68 bits per heavy atom. The number of aromatic nitrogens is 1. The number of nitrogens with zero attached hydrogens (tertiary/aromatic N) is 3. The minimum absolute atomic E-state index is 0.0816. The third-order valence-electron chi connectivity index (χ3n) is 3.30. The zero-order valence-corrected chi connectivity index (χ0v) is 11.1. The molecule has 2 heterocycles. The number of rotatable bonds is 3. The monoisotopic (exact) mass is 258 g/mol. The number of likely N-dealkylation sites (N-methyl/N-ethyl adjacent to an activating group) is 1. The molecule has 0 bridgehead atoms. The molecule has 1 aliphatic rings. The summed E-state index contributed by atoms with van der Waals surface area (Å²) in [5.74, 6) is -0.0816. The maximum atomic E-state index is 12.1. The van der Waals surface area contributed by atoms with Crippen LogP contribution in [0.5, 0.6) is 0 Å². The molecule has 1 fully saturated rings. The molecule has 1 unspecified atom stereocenters. The second-order valence-corrected chi connectivity index (χ2v) is 4.95. The summed E-state index contributed by atoms with van der Waals surface area (Å²) < 4.78 is 0. The summed E-state index contributed by atoms with van der Waals surface area (Å²) in [6.45, 7) is 1.98. The van der Waals surface area contributed by atoms with Gasteiger partial charge in [-0.2, -0.15) is 5.26 Å². The highest BCUT2D eigenvalue weighted by molar-refractivity contribution is 5.94. The first-order chi connectivity index (χ1) is 9.19. The van der Waals surface area contributed by atoms with Gasteiger partial charge in [-0.3, -0.25) is 9.78 Å². The van der Waals surface area contributed by atoms with Crippen LogP contribution in [0, 0.1) is 11.3 Å². The van der Waals surface area contributed by atoms with E-state index < -0.39 is 0 Å². The van der Waals surface area contributed by atoms with E-state index in [1.54, 1.807) is 18.3 Å². The molecule has 0 radical (unpaired) electrons. The van der Waals surface area contributed by atoms with E-state index in [9.17, 15) is 4.79 Å². The van der Waals surface area contributed by atoms with Crippen LogP contribution in [0.15, 0.2) is 18.3 Å². The lowest BCUT2D eigenvalue weighted by atomic mass is 10.1. The smallest absolute Gasteiger partial charge is 0.251 e. The molecule has 1 aliphatic heterocycles. The third-order valence-corrected chi connectivity index (χ3v) is 3.30. The van der Waals surface area contributed by atoms with Crippen molar-refractivity contribution in [2.24, 2.45) is 0 Å². The summed E-state index contributed by atoms with van der Waals surface area (Å²) in [5.41, 5.74) is 1.21. The Morgan fingerprint density at radius 3 is 3.26 bits per heavy atom. The summed E-state index contributed by atoms with van der Waals surface area (Å²) in [6, 6.07) is 5.61. The molecule has 0 spiro atoms. The molecule has 100 valence electrons. The van der Waals surface area contributed by atoms with Crippen molar-refractivity contribution in [2.75, 3.05) is 20.1 Å². The van der Waals surface area contributed by atoms with E-state index in [2.05, 4.69) is 22.2 Å². The summed E-state index contributed by atoms with van der Waals surface area (Å²) >= 11 is 0. The van der Waals surface area contributed by atoms with Crippen molar-refractivity contribution >= 4 is 5.91 Å². The lowest BCUT2D eigenvalue weighted by molar-refractivity contribution is 0.0912. The number of likely N-dealkylation sites (tertiary alicyclic amines) is 1. The Bertz CT molecular complexity index is 494. The van der Waals surface area contributed by atoms with E-state index >= 15 is 0 Å². The fourth-order valence-electron chi connectivity index (χ4n) is 2.35. The number of carbonyl (C=O) groups excluding carboxylic acids is 1. The number of hydrogen-bond donors (Lipinski definition) is 1. The largest absolute Gasteiger partial charge is 0.348 e. The van der Waals surface area contributed by atoms with Gasteiger partial charge in [0.2, 0.25) is 0 Å². The zero-order valence-electron chi connectivity index (χ0n) is 11.1. The Kier molecular flexibility index (Phi) is 4.48. The maximum absolute atomic E-state index is 12.1. The Labute approximate surface area is 113 Å². The molecule has 0 aromatic carbocycles. The van der Waals surface area contributed by atoms with Crippen LogP contribution < -0.4 is 5.32 Å². The summed E-state index contributed by atoms with van der Waals surface area (Å²) in [7, 11) is 2.07. The fourth-order valence-corrected chi connectivity index (χ4v) is 2.35. The normalized spacial score (nSPS) is 19.7. The van der Waals surface area contributed by atoms with Crippen LogP contribution >= 0.6 is 0 Å². The average Bonchev–Trinajstić information content (AvgIpc) is 2.39. The van der Waals surface area contributed by atoms with E-state index in [0.29, 0.717) is 11.3 Å². The first kappa shape index (κ1) is 13.5. The quantitative estimate of drug-likeness (QED) is 0.877. The molecule has 1 amide bonds. The minimum Gasteiger partial charge on any atom is -0.348 e. The van der Waals surface area contributed by atoms with Crippen molar-refractivity contribution in [2.45, 2.75) is 25.3 Å². The second kappa shape index (κ2) is 6.30. The molecule has 1 aromatic rings. The second-order valence-electron chi connectivity index (χ2n) is 4.95. The van der Waals surface area contributed by atoms with Crippen molar-refractivity contribution < 1.29 is 4.79 Å². The number of nitrogens with one attached hydrogen (secondary N) is 1. The van der Waals surface area contributed by atoms with Crippen molar-refractivity contribution in [3.8, 4) is 6.07 Å². The summed E-state index contributed by atoms with van der Waals surface area (Å²) in [6.07, 6.45) is 3.94. The molecule has 0 aliphatic carbocycles. The van der Waals surface area contributed by atoms with Crippen LogP contribution in [-0.4, -0.2) is 42.0 Å². The van der Waals surface area contributed by atoms with E-state index in [4.69, 9.17) is 5.26 Å². The number of carbonyl (C=O) groups is 1. The topological polar surface area (TPSA) is 69.0 Å². The highest BCUT2D eigenvalue weighted by Crippen LogP contribution is 2.09. The van der Waals surface area contributed by atoms with Gasteiger partial charge in [0, 0.05) is 24.3 Å². The van der Waals surface area contributed by atoms with Gasteiger partial charge in [0.1, 0.15) is 0 Å². The van der Waals surface area contributed by atoms with E-state index in [-0.39, 0.29) is 18.4 Å². The van der Waals surface area contributed by atoms with Crippen LogP contribution in [0.3, 0.4) is 0 Å². The van der Waals surface area contributed by atoms with Crippen LogP contribution in [0.2, 0.25) is 0 Å². The summed E-state index contributed by atoms with van der Waals surface area (Å²) in [4.78, 5) is 18.4. The molecule has 1 atom stereocenters. The summed E-state index contributed by atoms with van der Waals surface area (Å²) in [5, 5.41) is 11.7. The van der Waals surface area contributed by atoms with E-state index in [1.807, 2.05) is 6.07 Å². The zero-order chi connectivity index (χ0) is 13.7. The fraction of sp³-hybridized carbons (Fsp3) is 0.500. The molecule has 5 nitrogen and oxygen atoms in total. The highest BCUT2D eigenvalue weighted by Gasteiger charge is 2.19. The molecule has 2 rings (SSSR count). The molecular formula is C14H18N4O. The van der Waals surface area contributed by atoms with Gasteiger partial charge in [-0.15, -0.1) is 0 Å². The SMILES string of the molecule is CN1CCCC(NC(=O)c2ccnc(CC#N)c2)C1. The molecular weight excluding hydrogens is 240 g/mol. The maximum Gasteiger partial charge on any atom is 0.251 e. The van der Waals surface area contributed by atoms with Gasteiger partial charge in [0.15, 0.2) is 0 Å². The Hall–Kier alpha value is -1.93. The Balaban J connectivity index is 1.99. The van der Waals surface area contributed by atoms with E-state index in [0.717, 1.165) is 25.9 Å². The molecule has 1 N–H and O–H groups in total. The lowest BCUT2D eigenvalue weighted by Crippen LogP contribution is -2.46. The number of nitriles is 1. The van der Waals surface area contributed by atoms with Crippen molar-refractivity contribution in [3.05, 3.63) is 29.6 Å². The number of amides is 1. The molecule has 1 aromatic heterocycles. The van der Waals surface area contributed by atoms with Crippen molar-refractivity contribution in [1.29, 1.82) is 5.26 Å². The van der Waals surface area contributed by atoms with Crippen LogP contribution in [-0.2, 0) is 6.42 Å². The van der Waals surface area contributed by atoms with Crippen LogP contribution in [0.4, 0.5) is 0 Å². The van der Waals surface area contributed by atoms with Crippen LogP contribution in [0.25, 0.3) is 0 Å². The third kappa shape index (κ3) is 3.76. The standard InChI is InChI=1S/C14H18N4O/c1-18-8-2-3-13(10-18)17-14(19)11-5-7-16-12(9-11)4-6-15/h5,7,9,13H,2-4,8,10H2,1H3,(H,17,19). The average molecular weight is 258 g/mol. The number of hydrogen-bond acceptors (Lipinski definition) is 4. The van der Waals surface area contributed by atoms with Gasteiger partial charge < -0.3 is 10.2 Å². The van der Waals surface area contributed by atoms with Gasteiger partial charge in [-0.1, -0.05) is 0 Å². The minimum atomic E-state index is -0.0816. The van der Waals surface area contributed by atoms with Crippen molar-refractivity contribution in [3.63, 3.8) is 0 Å². The Morgan fingerprint density at radius 2 is 2.53 bits per heavy atom. The molecule has 19 heavy (non-hydrogen) atoms. The van der Waals surface area contributed by atoms with Crippen molar-refractivity contribution in [1.82, 2.24) is 15.2 Å². The number of piperidine rings is 1. The first-order valence-electron chi connectivity index (χ1n) is 6.50. The predicted molar refractivity (Wildman–Crippen MR) is 71.5 cm³/mol. The lowest BCUT2D eigenvalue weighted by Gasteiger charge is -2.30. The van der Waals surface area contributed by atoms with Gasteiger partial charge in [-0.05, 0) is 38.6 Å². The van der Waals surface area contributed by atoms with Gasteiger partial charge in [0.25, 0.3) is 5.91 Å². The predicted octanol–water partition coefficient (Wildman–Crippen LogP) is 0.972. The molecule has 5 heteroatoms. The van der Waals surface area contributed by atoms with Crippen LogP contribution in [0.1, 0.15) is 28.9 Å². The van der Waals surface area contributed by atoms with Gasteiger partial charge >= 0.3 is 0 Å². The van der Waals surface area contributed by atoms with Gasteiger partial charge in [-0.25, -0.2) is 0 Å². The molecule has 1 saturated heterocycles. The van der Waals surface area contributed by atoms with Gasteiger partial charge in [0.05, 0.1) is 18.2 Å². The number of pyridine rings is 1.